The Hall–Kier alpha value is -0.930. The fourth-order valence-electron chi connectivity index (χ4n) is 1.26. The second-order valence-corrected chi connectivity index (χ2v) is 3.98. The minimum atomic E-state index is 0.646. The van der Waals surface area contributed by atoms with E-state index in [2.05, 4.69) is 25.9 Å². The Morgan fingerprint density at radius 1 is 1.27 bits per heavy atom. The molecule has 76 valence electrons. The van der Waals surface area contributed by atoms with E-state index in [4.69, 9.17) is 11.6 Å². The van der Waals surface area contributed by atoms with Crippen molar-refractivity contribution >= 4 is 27.5 Å². The summed E-state index contributed by atoms with van der Waals surface area (Å²) in [5, 5.41) is 1.37. The van der Waals surface area contributed by atoms with Crippen LogP contribution in [0.4, 0.5) is 0 Å². The van der Waals surface area contributed by atoms with Crippen LogP contribution in [0.3, 0.4) is 0 Å². The summed E-state index contributed by atoms with van der Waals surface area (Å²) < 4.78 is 0. The highest BCUT2D eigenvalue weighted by atomic mass is 79.9. The molecule has 4 heteroatoms. The molecule has 0 aliphatic carbocycles. The summed E-state index contributed by atoms with van der Waals surface area (Å²) in [5.74, 6) is 0. The Kier molecular flexibility index (Phi) is 3.34. The molecule has 2 aromatic heterocycles. The molecule has 0 radical (unpaired) electrons. The minimum Gasteiger partial charge on any atom is -0.264 e. The Bertz CT molecular complexity index is 459. The van der Waals surface area contributed by atoms with Crippen molar-refractivity contribution in [2.45, 2.75) is 5.33 Å². The first-order valence-electron chi connectivity index (χ1n) is 4.43. The molecule has 2 rings (SSSR count). The second-order valence-electron chi connectivity index (χ2n) is 3.01. The maximum absolute atomic E-state index is 6.08. The molecule has 0 aliphatic rings. The molecule has 15 heavy (non-hydrogen) atoms. The van der Waals surface area contributed by atoms with Crippen molar-refractivity contribution in [2.24, 2.45) is 0 Å². The van der Waals surface area contributed by atoms with E-state index < -0.39 is 0 Å². The van der Waals surface area contributed by atoms with Crippen LogP contribution >= 0.6 is 27.5 Å². The zero-order chi connectivity index (χ0) is 10.7. The van der Waals surface area contributed by atoms with Crippen molar-refractivity contribution in [3.05, 3.63) is 47.4 Å². The topological polar surface area (TPSA) is 25.8 Å². The van der Waals surface area contributed by atoms with E-state index in [1.54, 1.807) is 12.4 Å². The Morgan fingerprint density at radius 3 is 2.80 bits per heavy atom. The molecular weight excluding hydrogens is 275 g/mol. The normalized spacial score (nSPS) is 10.3. The highest BCUT2D eigenvalue weighted by molar-refractivity contribution is 9.08. The molecule has 2 heterocycles. The van der Waals surface area contributed by atoms with E-state index in [1.165, 1.54) is 0 Å². The van der Waals surface area contributed by atoms with E-state index >= 15 is 0 Å². The van der Waals surface area contributed by atoms with Gasteiger partial charge in [0.15, 0.2) is 0 Å². The Balaban J connectivity index is 2.52. The van der Waals surface area contributed by atoms with Crippen LogP contribution in [0.25, 0.3) is 11.3 Å². The van der Waals surface area contributed by atoms with E-state index in [9.17, 15) is 0 Å². The average Bonchev–Trinajstić information content (AvgIpc) is 2.31. The highest BCUT2D eigenvalue weighted by Gasteiger charge is 2.05. The summed E-state index contributed by atoms with van der Waals surface area (Å²) in [7, 11) is 0. The standard InChI is InChI=1S/C11H8BrClN2/c12-6-9-3-4-10(13)11(15-9)8-2-1-5-14-7-8/h1-5,7H,6H2. The highest BCUT2D eigenvalue weighted by Crippen LogP contribution is 2.25. The molecule has 0 bridgehead atoms. The van der Waals surface area contributed by atoms with E-state index in [-0.39, 0.29) is 0 Å². The fourth-order valence-corrected chi connectivity index (χ4v) is 1.79. The number of rotatable bonds is 2. The van der Waals surface area contributed by atoms with Gasteiger partial charge >= 0.3 is 0 Å². The number of alkyl halides is 1. The Labute approximate surface area is 101 Å². The largest absolute Gasteiger partial charge is 0.264 e. The van der Waals surface area contributed by atoms with Crippen molar-refractivity contribution in [3.63, 3.8) is 0 Å². The lowest BCUT2D eigenvalue weighted by molar-refractivity contribution is 1.18. The Morgan fingerprint density at radius 2 is 2.13 bits per heavy atom. The van der Waals surface area contributed by atoms with E-state index in [0.717, 1.165) is 22.3 Å². The molecule has 0 N–H and O–H groups in total. The first-order chi connectivity index (χ1) is 7.31. The number of halogens is 2. The van der Waals surface area contributed by atoms with Crippen LogP contribution in [0.15, 0.2) is 36.7 Å². The SMILES string of the molecule is Clc1ccc(CBr)nc1-c1cccnc1. The molecule has 0 unspecified atom stereocenters. The molecule has 2 nitrogen and oxygen atoms in total. The van der Waals surface area contributed by atoms with Crippen LogP contribution in [0.1, 0.15) is 5.69 Å². The van der Waals surface area contributed by atoms with Gasteiger partial charge in [0, 0.05) is 23.3 Å². The van der Waals surface area contributed by atoms with Crippen LogP contribution in [-0.4, -0.2) is 9.97 Å². The summed E-state index contributed by atoms with van der Waals surface area (Å²) in [4.78, 5) is 8.49. The summed E-state index contributed by atoms with van der Waals surface area (Å²) in [6, 6.07) is 7.57. The molecule has 2 aromatic rings. The second kappa shape index (κ2) is 4.73. The predicted molar refractivity (Wildman–Crippen MR) is 65.1 cm³/mol. The number of nitrogens with zero attached hydrogens (tertiary/aromatic N) is 2. The van der Waals surface area contributed by atoms with Gasteiger partial charge in [-0.2, -0.15) is 0 Å². The van der Waals surface area contributed by atoms with Gasteiger partial charge in [0.2, 0.25) is 0 Å². The lowest BCUT2D eigenvalue weighted by atomic mass is 10.2. The number of hydrogen-bond acceptors (Lipinski definition) is 2. The van der Waals surface area contributed by atoms with Crippen molar-refractivity contribution in [3.8, 4) is 11.3 Å². The van der Waals surface area contributed by atoms with Crippen molar-refractivity contribution in [2.75, 3.05) is 0 Å². The van der Waals surface area contributed by atoms with Gasteiger partial charge in [-0.05, 0) is 24.3 Å². The van der Waals surface area contributed by atoms with Crippen LogP contribution in [-0.2, 0) is 5.33 Å². The van der Waals surface area contributed by atoms with Gasteiger partial charge in [-0.3, -0.25) is 9.97 Å². The quantitative estimate of drug-likeness (QED) is 0.786. The van der Waals surface area contributed by atoms with Gasteiger partial charge in [0.1, 0.15) is 0 Å². The summed E-state index contributed by atoms with van der Waals surface area (Å²) >= 11 is 9.45. The van der Waals surface area contributed by atoms with Gasteiger partial charge in [-0.25, -0.2) is 0 Å². The maximum atomic E-state index is 6.08. The molecule has 0 saturated carbocycles. The van der Waals surface area contributed by atoms with Gasteiger partial charge in [0.05, 0.1) is 16.4 Å². The molecule has 0 atom stereocenters. The predicted octanol–water partition coefficient (Wildman–Crippen LogP) is 3.69. The zero-order valence-electron chi connectivity index (χ0n) is 7.82. The number of aromatic nitrogens is 2. The van der Waals surface area contributed by atoms with E-state index in [0.29, 0.717) is 5.02 Å². The maximum Gasteiger partial charge on any atom is 0.0907 e. The number of pyridine rings is 2. The van der Waals surface area contributed by atoms with Gasteiger partial charge < -0.3 is 0 Å². The summed E-state index contributed by atoms with van der Waals surface area (Å²) in [5.41, 5.74) is 2.67. The summed E-state index contributed by atoms with van der Waals surface area (Å²) in [6.45, 7) is 0. The molecular formula is C11H8BrClN2. The fraction of sp³-hybridized carbons (Fsp3) is 0.0909. The lowest BCUT2D eigenvalue weighted by Gasteiger charge is -2.04. The van der Waals surface area contributed by atoms with Crippen molar-refractivity contribution in [1.82, 2.24) is 9.97 Å². The van der Waals surface area contributed by atoms with Gasteiger partial charge in [0.25, 0.3) is 0 Å². The van der Waals surface area contributed by atoms with Crippen LogP contribution in [0, 0.1) is 0 Å². The lowest BCUT2D eigenvalue weighted by Crippen LogP contribution is -1.90. The first kappa shape index (κ1) is 10.6. The molecule has 0 aromatic carbocycles. The van der Waals surface area contributed by atoms with Crippen LogP contribution < -0.4 is 0 Å². The molecule has 0 saturated heterocycles. The molecule has 0 aliphatic heterocycles. The third-order valence-electron chi connectivity index (χ3n) is 1.98. The van der Waals surface area contributed by atoms with Gasteiger partial charge in [-0.1, -0.05) is 27.5 Å². The third-order valence-corrected chi connectivity index (χ3v) is 2.86. The van der Waals surface area contributed by atoms with Crippen LogP contribution in [0.2, 0.25) is 5.02 Å². The van der Waals surface area contributed by atoms with Crippen molar-refractivity contribution in [1.29, 1.82) is 0 Å². The average molecular weight is 284 g/mol. The van der Waals surface area contributed by atoms with Crippen molar-refractivity contribution < 1.29 is 0 Å². The smallest absolute Gasteiger partial charge is 0.0907 e. The summed E-state index contributed by atoms with van der Waals surface area (Å²) in [6.07, 6.45) is 3.48. The third kappa shape index (κ3) is 2.36. The molecule has 0 fully saturated rings. The van der Waals surface area contributed by atoms with Gasteiger partial charge in [-0.15, -0.1) is 0 Å². The first-order valence-corrected chi connectivity index (χ1v) is 5.93. The number of hydrogen-bond donors (Lipinski definition) is 0. The van der Waals surface area contributed by atoms with E-state index in [1.807, 2.05) is 24.3 Å². The van der Waals surface area contributed by atoms with Crippen LogP contribution in [0.5, 0.6) is 0 Å². The monoisotopic (exact) mass is 282 g/mol. The zero-order valence-corrected chi connectivity index (χ0v) is 10.2. The minimum absolute atomic E-state index is 0.646. The molecule has 0 spiro atoms. The molecule has 0 amide bonds.